The number of nitrogens with one attached hydrogen (secondary N) is 1. The van der Waals surface area contributed by atoms with E-state index in [2.05, 4.69) is 10.3 Å². The Bertz CT molecular complexity index is 572. The number of carbonyl (C=O) groups is 2. The molecule has 0 atom stereocenters. The van der Waals surface area contributed by atoms with Gasteiger partial charge in [0, 0.05) is 11.4 Å². The molecule has 0 bridgehead atoms. The lowest BCUT2D eigenvalue weighted by Crippen LogP contribution is -2.10. The van der Waals surface area contributed by atoms with Crippen LogP contribution in [0.4, 0.5) is 5.13 Å². The number of aromatic nitrogens is 1. The lowest BCUT2D eigenvalue weighted by molar-refractivity contribution is 0.0696. The zero-order valence-corrected chi connectivity index (χ0v) is 9.58. The van der Waals surface area contributed by atoms with Gasteiger partial charge in [-0.05, 0) is 6.92 Å². The van der Waals surface area contributed by atoms with Gasteiger partial charge in [-0.15, -0.1) is 11.3 Å². The molecule has 1 amide bonds. The highest BCUT2D eigenvalue weighted by molar-refractivity contribution is 7.13. The van der Waals surface area contributed by atoms with Crippen molar-refractivity contribution in [3.05, 3.63) is 34.7 Å². The van der Waals surface area contributed by atoms with E-state index >= 15 is 0 Å². The first kappa shape index (κ1) is 11.3. The summed E-state index contributed by atoms with van der Waals surface area (Å²) in [6.45, 7) is 1.81. The Labute approximate surface area is 99.9 Å². The van der Waals surface area contributed by atoms with Crippen molar-refractivity contribution < 1.29 is 19.1 Å². The van der Waals surface area contributed by atoms with E-state index < -0.39 is 11.9 Å². The van der Waals surface area contributed by atoms with Crippen molar-refractivity contribution in [2.75, 3.05) is 5.32 Å². The number of aromatic carboxylic acids is 1. The first-order valence-electron chi connectivity index (χ1n) is 4.61. The summed E-state index contributed by atoms with van der Waals surface area (Å²) in [5, 5.41) is 13.4. The number of carbonyl (C=O) groups excluding carboxylic acids is 1. The van der Waals surface area contributed by atoms with E-state index in [0.717, 1.165) is 18.0 Å². The third kappa shape index (κ3) is 2.51. The third-order valence-corrected chi connectivity index (χ3v) is 2.79. The van der Waals surface area contributed by atoms with E-state index in [1.165, 1.54) is 11.3 Å². The molecule has 6 nitrogen and oxygen atoms in total. The molecule has 2 heterocycles. The average Bonchev–Trinajstić information content (AvgIpc) is 2.86. The van der Waals surface area contributed by atoms with Gasteiger partial charge >= 0.3 is 5.97 Å². The topological polar surface area (TPSA) is 92.4 Å². The smallest absolute Gasteiger partial charge is 0.338 e. The van der Waals surface area contributed by atoms with Crippen LogP contribution >= 0.6 is 11.3 Å². The number of hydrogen-bond donors (Lipinski definition) is 2. The van der Waals surface area contributed by atoms with Crippen LogP contribution in [-0.2, 0) is 0 Å². The monoisotopic (exact) mass is 252 g/mol. The Hall–Kier alpha value is -2.15. The number of rotatable bonds is 3. The highest BCUT2D eigenvalue weighted by atomic mass is 32.1. The number of aryl methyl sites for hydroxylation is 1. The van der Waals surface area contributed by atoms with Gasteiger partial charge in [0.1, 0.15) is 6.26 Å². The minimum Gasteiger partial charge on any atom is -0.478 e. The Kier molecular flexibility index (Phi) is 2.92. The van der Waals surface area contributed by atoms with E-state index in [4.69, 9.17) is 9.52 Å². The number of anilines is 1. The Morgan fingerprint density at radius 3 is 2.82 bits per heavy atom. The fraction of sp³-hybridized carbons (Fsp3) is 0.100. The number of furan rings is 1. The number of carboxylic acids is 1. The molecular formula is C10H8N2O4S. The average molecular weight is 252 g/mol. The van der Waals surface area contributed by atoms with Crippen molar-refractivity contribution in [2.45, 2.75) is 6.92 Å². The first-order chi connectivity index (χ1) is 8.06. The van der Waals surface area contributed by atoms with Crippen LogP contribution in [0.3, 0.4) is 0 Å². The predicted molar refractivity (Wildman–Crippen MR) is 60.5 cm³/mol. The molecule has 7 heteroatoms. The standard InChI is InChI=1S/C10H8N2O4S/c1-5-4-17-10(11-5)12-8(13)7-2-6(3-16-7)9(14)15/h2-4H,1H3,(H,14,15)(H,11,12,13). The molecule has 2 rings (SSSR count). The summed E-state index contributed by atoms with van der Waals surface area (Å²) in [6, 6.07) is 1.16. The first-order valence-corrected chi connectivity index (χ1v) is 5.49. The summed E-state index contributed by atoms with van der Waals surface area (Å²) in [7, 11) is 0. The molecule has 0 unspecified atom stereocenters. The van der Waals surface area contributed by atoms with E-state index in [1.807, 2.05) is 6.92 Å². The van der Waals surface area contributed by atoms with Gasteiger partial charge in [0.15, 0.2) is 10.9 Å². The van der Waals surface area contributed by atoms with Gasteiger partial charge in [-0.25, -0.2) is 9.78 Å². The second-order valence-electron chi connectivity index (χ2n) is 3.25. The van der Waals surface area contributed by atoms with Crippen LogP contribution in [0.15, 0.2) is 22.1 Å². The van der Waals surface area contributed by atoms with Crippen LogP contribution < -0.4 is 5.32 Å². The minimum absolute atomic E-state index is 0.0600. The molecular weight excluding hydrogens is 244 g/mol. The lowest BCUT2D eigenvalue weighted by Gasteiger charge is -1.96. The van der Waals surface area contributed by atoms with E-state index in [9.17, 15) is 9.59 Å². The van der Waals surface area contributed by atoms with Crippen molar-refractivity contribution in [3.63, 3.8) is 0 Å². The molecule has 0 fully saturated rings. The van der Waals surface area contributed by atoms with Gasteiger partial charge in [0.25, 0.3) is 5.91 Å². The van der Waals surface area contributed by atoms with Crippen molar-refractivity contribution in [1.82, 2.24) is 4.98 Å². The van der Waals surface area contributed by atoms with E-state index in [0.29, 0.717) is 5.13 Å². The number of amides is 1. The van der Waals surface area contributed by atoms with Crippen molar-refractivity contribution in [3.8, 4) is 0 Å². The van der Waals surface area contributed by atoms with Crippen LogP contribution in [-0.4, -0.2) is 22.0 Å². The van der Waals surface area contributed by atoms with Crippen LogP contribution in [0.1, 0.15) is 26.6 Å². The fourth-order valence-corrected chi connectivity index (χ4v) is 1.82. The second kappa shape index (κ2) is 4.38. The molecule has 17 heavy (non-hydrogen) atoms. The lowest BCUT2D eigenvalue weighted by atomic mass is 10.3. The highest BCUT2D eigenvalue weighted by Crippen LogP contribution is 2.16. The number of thiazole rings is 1. The Morgan fingerprint density at radius 2 is 2.29 bits per heavy atom. The van der Waals surface area contributed by atoms with Gasteiger partial charge in [-0.1, -0.05) is 0 Å². The summed E-state index contributed by atoms with van der Waals surface area (Å²) in [5.74, 6) is -1.72. The molecule has 0 aliphatic heterocycles. The van der Waals surface area contributed by atoms with Crippen molar-refractivity contribution >= 4 is 28.3 Å². The summed E-state index contributed by atoms with van der Waals surface area (Å²) in [4.78, 5) is 26.3. The van der Waals surface area contributed by atoms with Gasteiger partial charge in [-0.3, -0.25) is 10.1 Å². The summed E-state index contributed by atoms with van der Waals surface area (Å²) in [5.41, 5.74) is 0.737. The van der Waals surface area contributed by atoms with Crippen LogP contribution in [0.2, 0.25) is 0 Å². The maximum absolute atomic E-state index is 11.6. The quantitative estimate of drug-likeness (QED) is 0.871. The van der Waals surface area contributed by atoms with Gasteiger partial charge in [0.2, 0.25) is 0 Å². The SMILES string of the molecule is Cc1csc(NC(=O)c2cc(C(=O)O)co2)n1. The molecule has 2 aromatic heterocycles. The molecule has 0 aliphatic rings. The zero-order chi connectivity index (χ0) is 12.4. The maximum atomic E-state index is 11.6. The number of carboxylic acid groups (broad SMARTS) is 1. The maximum Gasteiger partial charge on any atom is 0.338 e. The highest BCUT2D eigenvalue weighted by Gasteiger charge is 2.15. The molecule has 0 aliphatic carbocycles. The van der Waals surface area contributed by atoms with Crippen molar-refractivity contribution in [2.24, 2.45) is 0 Å². The van der Waals surface area contributed by atoms with Crippen LogP contribution in [0.25, 0.3) is 0 Å². The van der Waals surface area contributed by atoms with Gasteiger partial charge < -0.3 is 9.52 Å². The molecule has 0 spiro atoms. The zero-order valence-electron chi connectivity index (χ0n) is 8.76. The predicted octanol–water partition coefficient (Wildman–Crippen LogP) is 2.00. The van der Waals surface area contributed by atoms with E-state index in [1.54, 1.807) is 5.38 Å². The van der Waals surface area contributed by atoms with Gasteiger partial charge in [0.05, 0.1) is 11.3 Å². The Balaban J connectivity index is 2.11. The third-order valence-electron chi connectivity index (χ3n) is 1.91. The van der Waals surface area contributed by atoms with Gasteiger partial charge in [-0.2, -0.15) is 0 Å². The van der Waals surface area contributed by atoms with Crippen LogP contribution in [0, 0.1) is 6.92 Å². The molecule has 0 saturated heterocycles. The largest absolute Gasteiger partial charge is 0.478 e. The second-order valence-corrected chi connectivity index (χ2v) is 4.11. The summed E-state index contributed by atoms with van der Waals surface area (Å²) < 4.78 is 4.85. The summed E-state index contributed by atoms with van der Waals surface area (Å²) >= 11 is 1.28. The summed E-state index contributed by atoms with van der Waals surface area (Å²) in [6.07, 6.45) is 1.02. The molecule has 0 saturated carbocycles. The van der Waals surface area contributed by atoms with Crippen molar-refractivity contribution in [1.29, 1.82) is 0 Å². The fourth-order valence-electron chi connectivity index (χ4n) is 1.14. The molecule has 2 aromatic rings. The number of nitrogens with zero attached hydrogens (tertiary/aromatic N) is 1. The normalized spacial score (nSPS) is 10.2. The van der Waals surface area contributed by atoms with E-state index in [-0.39, 0.29) is 11.3 Å². The molecule has 0 radical (unpaired) electrons. The van der Waals surface area contributed by atoms with Crippen LogP contribution in [0.5, 0.6) is 0 Å². The number of hydrogen-bond acceptors (Lipinski definition) is 5. The molecule has 88 valence electrons. The Morgan fingerprint density at radius 1 is 1.53 bits per heavy atom. The minimum atomic E-state index is -1.14. The molecule has 2 N–H and O–H groups in total. The molecule has 0 aromatic carbocycles.